The molecule has 0 aliphatic rings. The monoisotopic (exact) mass is 196 g/mol. The predicted molar refractivity (Wildman–Crippen MR) is 56.5 cm³/mol. The van der Waals surface area contributed by atoms with Crippen molar-refractivity contribution in [3.8, 4) is 6.07 Å². The van der Waals surface area contributed by atoms with E-state index in [0.717, 1.165) is 12.8 Å². The van der Waals surface area contributed by atoms with Gasteiger partial charge in [-0.15, -0.1) is 0 Å². The quantitative estimate of drug-likeness (QED) is 0.708. The number of nitriles is 1. The van der Waals surface area contributed by atoms with Crippen molar-refractivity contribution < 1.29 is 4.79 Å². The lowest BCUT2D eigenvalue weighted by atomic mass is 9.80. The molecule has 0 heterocycles. The van der Waals surface area contributed by atoms with E-state index in [4.69, 9.17) is 5.26 Å². The molecular formula is C11H20N2O. The Morgan fingerprint density at radius 2 is 1.79 bits per heavy atom. The van der Waals surface area contributed by atoms with E-state index in [0.29, 0.717) is 19.4 Å². The van der Waals surface area contributed by atoms with Gasteiger partial charge >= 0.3 is 0 Å². The fourth-order valence-electron chi connectivity index (χ4n) is 1.70. The summed E-state index contributed by atoms with van der Waals surface area (Å²) in [6, 6.07) is 2.19. The molecule has 0 aliphatic heterocycles. The van der Waals surface area contributed by atoms with Crippen LogP contribution in [0.25, 0.3) is 0 Å². The van der Waals surface area contributed by atoms with Crippen LogP contribution >= 0.6 is 0 Å². The van der Waals surface area contributed by atoms with E-state index in [1.165, 1.54) is 0 Å². The standard InChI is InChI=1S/C11H20N2O/c1-4-7-11(9-12,8-5-2)10(14)13-6-3/h4-8H2,1-3H3,(H,13,14). The SMILES string of the molecule is CCCC(C#N)(CCC)C(=O)NCC. The number of hydrogen-bond acceptors (Lipinski definition) is 2. The summed E-state index contributed by atoms with van der Waals surface area (Å²) in [5, 5.41) is 11.9. The van der Waals surface area contributed by atoms with Crippen LogP contribution in [0.1, 0.15) is 46.5 Å². The molecule has 0 saturated carbocycles. The molecule has 3 heteroatoms. The molecule has 14 heavy (non-hydrogen) atoms. The Morgan fingerprint density at radius 3 is 2.07 bits per heavy atom. The van der Waals surface area contributed by atoms with Crippen molar-refractivity contribution >= 4 is 5.91 Å². The van der Waals surface area contributed by atoms with Gasteiger partial charge in [0.1, 0.15) is 5.41 Å². The van der Waals surface area contributed by atoms with Gasteiger partial charge in [0, 0.05) is 6.54 Å². The Balaban J connectivity index is 4.65. The summed E-state index contributed by atoms with van der Waals surface area (Å²) in [4.78, 5) is 11.7. The maximum atomic E-state index is 11.7. The first-order valence-corrected chi connectivity index (χ1v) is 5.36. The first kappa shape index (κ1) is 13.0. The summed E-state index contributed by atoms with van der Waals surface area (Å²) in [6.07, 6.45) is 3.04. The third-order valence-corrected chi connectivity index (χ3v) is 2.34. The average molecular weight is 196 g/mol. The summed E-state index contributed by atoms with van der Waals surface area (Å²) in [6.45, 7) is 6.47. The van der Waals surface area contributed by atoms with Gasteiger partial charge in [0.25, 0.3) is 0 Å². The van der Waals surface area contributed by atoms with E-state index in [9.17, 15) is 4.79 Å². The summed E-state index contributed by atoms with van der Waals surface area (Å²) in [7, 11) is 0. The van der Waals surface area contributed by atoms with Crippen LogP contribution in [0.3, 0.4) is 0 Å². The molecule has 1 N–H and O–H groups in total. The molecule has 0 aromatic carbocycles. The number of rotatable bonds is 6. The highest BCUT2D eigenvalue weighted by atomic mass is 16.2. The highest BCUT2D eigenvalue weighted by Gasteiger charge is 2.36. The highest BCUT2D eigenvalue weighted by Crippen LogP contribution is 2.29. The Labute approximate surface area is 86.5 Å². The molecule has 0 rings (SSSR count). The van der Waals surface area contributed by atoms with Crippen LogP contribution in [0.4, 0.5) is 0 Å². The van der Waals surface area contributed by atoms with Crippen molar-refractivity contribution in [1.82, 2.24) is 5.32 Å². The summed E-state index contributed by atoms with van der Waals surface area (Å²) in [5.41, 5.74) is -0.792. The molecule has 3 nitrogen and oxygen atoms in total. The molecule has 0 unspecified atom stereocenters. The third kappa shape index (κ3) is 3.02. The maximum absolute atomic E-state index is 11.7. The van der Waals surface area contributed by atoms with E-state index in [1.807, 2.05) is 20.8 Å². The number of carbonyl (C=O) groups is 1. The fraction of sp³-hybridized carbons (Fsp3) is 0.818. The average Bonchev–Trinajstić information content (AvgIpc) is 2.17. The summed E-state index contributed by atoms with van der Waals surface area (Å²) in [5.74, 6) is -0.105. The van der Waals surface area contributed by atoms with Gasteiger partial charge in [-0.05, 0) is 19.8 Å². The van der Waals surface area contributed by atoms with Crippen LogP contribution in [0, 0.1) is 16.7 Å². The highest BCUT2D eigenvalue weighted by molar-refractivity contribution is 5.85. The molecule has 80 valence electrons. The number of hydrogen-bond donors (Lipinski definition) is 1. The van der Waals surface area contributed by atoms with Gasteiger partial charge < -0.3 is 5.32 Å². The molecular weight excluding hydrogens is 176 g/mol. The van der Waals surface area contributed by atoms with Crippen molar-refractivity contribution in [3.63, 3.8) is 0 Å². The van der Waals surface area contributed by atoms with Gasteiger partial charge in [0.05, 0.1) is 6.07 Å². The van der Waals surface area contributed by atoms with Crippen LogP contribution in [0.5, 0.6) is 0 Å². The van der Waals surface area contributed by atoms with Gasteiger partial charge in [-0.2, -0.15) is 5.26 Å². The zero-order valence-electron chi connectivity index (χ0n) is 9.39. The van der Waals surface area contributed by atoms with Crippen molar-refractivity contribution in [3.05, 3.63) is 0 Å². The van der Waals surface area contributed by atoms with E-state index < -0.39 is 5.41 Å². The van der Waals surface area contributed by atoms with Crippen LogP contribution in [0.2, 0.25) is 0 Å². The van der Waals surface area contributed by atoms with E-state index in [2.05, 4.69) is 11.4 Å². The maximum Gasteiger partial charge on any atom is 0.240 e. The van der Waals surface area contributed by atoms with Crippen molar-refractivity contribution in [1.29, 1.82) is 5.26 Å². The number of amides is 1. The minimum Gasteiger partial charge on any atom is -0.355 e. The van der Waals surface area contributed by atoms with E-state index in [1.54, 1.807) is 0 Å². The summed E-state index contributed by atoms with van der Waals surface area (Å²) < 4.78 is 0. The lowest BCUT2D eigenvalue weighted by Crippen LogP contribution is -2.39. The first-order chi connectivity index (χ1) is 6.66. The van der Waals surface area contributed by atoms with Crippen LogP contribution in [-0.4, -0.2) is 12.5 Å². The van der Waals surface area contributed by atoms with Gasteiger partial charge in [0.15, 0.2) is 0 Å². The number of carbonyl (C=O) groups excluding carboxylic acids is 1. The second-order valence-corrected chi connectivity index (χ2v) is 3.55. The lowest BCUT2D eigenvalue weighted by molar-refractivity contribution is -0.128. The summed E-state index contributed by atoms with van der Waals surface area (Å²) >= 11 is 0. The van der Waals surface area contributed by atoms with Gasteiger partial charge in [-0.25, -0.2) is 0 Å². The second kappa shape index (κ2) is 6.42. The van der Waals surface area contributed by atoms with Crippen molar-refractivity contribution in [2.75, 3.05) is 6.54 Å². The molecule has 1 amide bonds. The Bertz CT molecular complexity index is 212. The van der Waals surface area contributed by atoms with Crippen molar-refractivity contribution in [2.24, 2.45) is 5.41 Å². The minimum atomic E-state index is -0.792. The molecule has 0 spiro atoms. The fourth-order valence-corrected chi connectivity index (χ4v) is 1.70. The zero-order valence-corrected chi connectivity index (χ0v) is 9.39. The Morgan fingerprint density at radius 1 is 1.29 bits per heavy atom. The lowest BCUT2D eigenvalue weighted by Gasteiger charge is -2.24. The topological polar surface area (TPSA) is 52.9 Å². The van der Waals surface area contributed by atoms with Gasteiger partial charge in [0.2, 0.25) is 5.91 Å². The molecule has 0 fully saturated rings. The molecule has 0 atom stereocenters. The zero-order chi connectivity index (χ0) is 11.0. The third-order valence-electron chi connectivity index (χ3n) is 2.34. The Kier molecular flexibility index (Phi) is 5.94. The molecule has 0 saturated heterocycles. The minimum absolute atomic E-state index is 0.105. The van der Waals surface area contributed by atoms with E-state index >= 15 is 0 Å². The van der Waals surface area contributed by atoms with E-state index in [-0.39, 0.29) is 5.91 Å². The normalized spacial score (nSPS) is 10.7. The molecule has 0 aromatic rings. The molecule has 0 radical (unpaired) electrons. The van der Waals surface area contributed by atoms with Gasteiger partial charge in [-0.3, -0.25) is 4.79 Å². The Hall–Kier alpha value is -1.04. The van der Waals surface area contributed by atoms with Crippen LogP contribution in [-0.2, 0) is 4.79 Å². The molecule has 0 aromatic heterocycles. The molecule has 0 aliphatic carbocycles. The van der Waals surface area contributed by atoms with Crippen LogP contribution < -0.4 is 5.32 Å². The van der Waals surface area contributed by atoms with Crippen molar-refractivity contribution in [2.45, 2.75) is 46.5 Å². The predicted octanol–water partition coefficient (Wildman–Crippen LogP) is 2.23. The molecule has 0 bridgehead atoms. The first-order valence-electron chi connectivity index (χ1n) is 5.36. The smallest absolute Gasteiger partial charge is 0.240 e. The number of nitrogens with one attached hydrogen (secondary N) is 1. The largest absolute Gasteiger partial charge is 0.355 e. The van der Waals surface area contributed by atoms with Crippen LogP contribution in [0.15, 0.2) is 0 Å². The second-order valence-electron chi connectivity index (χ2n) is 3.55. The van der Waals surface area contributed by atoms with Gasteiger partial charge in [-0.1, -0.05) is 26.7 Å². The number of nitrogens with zero attached hydrogens (tertiary/aromatic N) is 1.